The van der Waals surface area contributed by atoms with Gasteiger partial charge in [0.05, 0.1) is 37.9 Å². The van der Waals surface area contributed by atoms with Gasteiger partial charge in [0.2, 0.25) is 0 Å². The Labute approximate surface area is 149 Å². The third kappa shape index (κ3) is 3.25. The zero-order valence-electron chi connectivity index (χ0n) is 14.2. The Bertz CT molecular complexity index is 896. The lowest BCUT2D eigenvalue weighted by atomic mass is 10.1. The van der Waals surface area contributed by atoms with Crippen LogP contribution in [0.5, 0.6) is 0 Å². The van der Waals surface area contributed by atoms with Gasteiger partial charge in [0, 0.05) is 11.9 Å². The minimum absolute atomic E-state index is 0.0642. The number of anilines is 1. The van der Waals surface area contributed by atoms with Crippen molar-refractivity contribution in [3.8, 4) is 5.69 Å². The van der Waals surface area contributed by atoms with E-state index in [4.69, 9.17) is 9.47 Å². The van der Waals surface area contributed by atoms with Gasteiger partial charge in [0.15, 0.2) is 0 Å². The number of allylic oxidation sites excluding steroid dienone is 2. The van der Waals surface area contributed by atoms with Gasteiger partial charge in [0.1, 0.15) is 5.70 Å². The highest BCUT2D eigenvalue weighted by Crippen LogP contribution is 2.26. The smallest absolute Gasteiger partial charge is 0.355 e. The second kappa shape index (κ2) is 7.47. The molecule has 1 aliphatic rings. The molecule has 26 heavy (non-hydrogen) atoms. The number of methoxy groups -OCH3 is 2. The van der Waals surface area contributed by atoms with Crippen LogP contribution in [0.15, 0.2) is 72.4 Å². The zero-order chi connectivity index (χ0) is 18.5. The molecule has 0 amide bonds. The maximum Gasteiger partial charge on any atom is 0.355 e. The van der Waals surface area contributed by atoms with Crippen molar-refractivity contribution in [2.24, 2.45) is 0 Å². The van der Waals surface area contributed by atoms with Crippen molar-refractivity contribution in [2.45, 2.75) is 0 Å². The number of aromatic nitrogens is 3. The lowest BCUT2D eigenvalue weighted by molar-refractivity contribution is -0.139. The van der Waals surface area contributed by atoms with Gasteiger partial charge < -0.3 is 14.4 Å². The van der Waals surface area contributed by atoms with Crippen LogP contribution in [0.2, 0.25) is 0 Å². The fourth-order valence-corrected chi connectivity index (χ4v) is 2.46. The summed E-state index contributed by atoms with van der Waals surface area (Å²) in [7, 11) is 2.51. The van der Waals surface area contributed by atoms with Crippen molar-refractivity contribution >= 4 is 17.6 Å². The molecule has 0 N–H and O–H groups in total. The molecule has 8 nitrogen and oxygen atoms in total. The molecular formula is C18H16N4O4. The summed E-state index contributed by atoms with van der Waals surface area (Å²) in [5.41, 5.74) is 1.58. The van der Waals surface area contributed by atoms with Crippen LogP contribution in [0.4, 0.5) is 5.69 Å². The van der Waals surface area contributed by atoms with Crippen molar-refractivity contribution in [1.29, 1.82) is 0 Å². The van der Waals surface area contributed by atoms with E-state index >= 15 is 0 Å². The van der Waals surface area contributed by atoms with Crippen molar-refractivity contribution in [3.63, 3.8) is 0 Å². The predicted octanol–water partition coefficient (Wildman–Crippen LogP) is 1.76. The minimum Gasteiger partial charge on any atom is -0.465 e. The standard InChI is InChI=1S/C18H16N4O4/c1-25-17(23)15-5-3-4-12-21(16(15)18(24)26-2)13-6-8-14(9-7-13)22-19-10-11-20-22/h3-12H,1-2H3. The molecule has 2 aromatic rings. The summed E-state index contributed by atoms with van der Waals surface area (Å²) in [6, 6.07) is 7.17. The van der Waals surface area contributed by atoms with Crippen LogP contribution in [0.3, 0.4) is 0 Å². The van der Waals surface area contributed by atoms with E-state index in [0.29, 0.717) is 5.69 Å². The number of carbonyl (C=O) groups is 2. The monoisotopic (exact) mass is 352 g/mol. The Morgan fingerprint density at radius 2 is 1.50 bits per heavy atom. The summed E-state index contributed by atoms with van der Waals surface area (Å²) >= 11 is 0. The molecule has 0 aliphatic carbocycles. The molecule has 0 radical (unpaired) electrons. The summed E-state index contributed by atoms with van der Waals surface area (Å²) in [6.45, 7) is 0. The average molecular weight is 352 g/mol. The first-order valence-corrected chi connectivity index (χ1v) is 7.67. The first-order chi connectivity index (χ1) is 12.7. The molecule has 3 rings (SSSR count). The van der Waals surface area contributed by atoms with Crippen LogP contribution < -0.4 is 4.90 Å². The third-order valence-corrected chi connectivity index (χ3v) is 3.67. The lowest BCUT2D eigenvalue weighted by Gasteiger charge is -2.23. The van der Waals surface area contributed by atoms with Gasteiger partial charge in [-0.3, -0.25) is 0 Å². The molecule has 0 bridgehead atoms. The molecule has 0 saturated heterocycles. The Hall–Kier alpha value is -3.68. The third-order valence-electron chi connectivity index (χ3n) is 3.67. The number of hydrogen-bond acceptors (Lipinski definition) is 7. The fraction of sp³-hybridized carbons (Fsp3) is 0.111. The number of rotatable bonds is 4. The maximum atomic E-state index is 12.4. The zero-order valence-corrected chi connectivity index (χ0v) is 14.2. The Morgan fingerprint density at radius 1 is 0.885 bits per heavy atom. The summed E-state index contributed by atoms with van der Waals surface area (Å²) in [5, 5.41) is 8.14. The maximum absolute atomic E-state index is 12.4. The van der Waals surface area contributed by atoms with E-state index in [1.54, 1.807) is 59.9 Å². The van der Waals surface area contributed by atoms with Crippen LogP contribution in [-0.2, 0) is 19.1 Å². The largest absolute Gasteiger partial charge is 0.465 e. The van der Waals surface area contributed by atoms with Crippen molar-refractivity contribution in [1.82, 2.24) is 15.0 Å². The highest BCUT2D eigenvalue weighted by Gasteiger charge is 2.27. The first kappa shape index (κ1) is 17.2. The Kier molecular flexibility index (Phi) is 4.93. The molecule has 0 atom stereocenters. The summed E-state index contributed by atoms with van der Waals surface area (Å²) in [4.78, 5) is 27.5. The molecule has 1 aliphatic heterocycles. The van der Waals surface area contributed by atoms with Crippen LogP contribution in [0.25, 0.3) is 5.69 Å². The van der Waals surface area contributed by atoms with Crippen LogP contribution in [-0.4, -0.2) is 41.2 Å². The van der Waals surface area contributed by atoms with Crippen molar-refractivity contribution < 1.29 is 19.1 Å². The van der Waals surface area contributed by atoms with Gasteiger partial charge in [-0.1, -0.05) is 6.08 Å². The van der Waals surface area contributed by atoms with Gasteiger partial charge in [-0.05, 0) is 36.4 Å². The van der Waals surface area contributed by atoms with E-state index in [9.17, 15) is 9.59 Å². The van der Waals surface area contributed by atoms with E-state index in [-0.39, 0.29) is 11.3 Å². The van der Waals surface area contributed by atoms with Crippen molar-refractivity contribution in [3.05, 3.63) is 72.4 Å². The number of carbonyl (C=O) groups excluding carboxylic acids is 2. The van der Waals surface area contributed by atoms with Gasteiger partial charge in [0.25, 0.3) is 0 Å². The van der Waals surface area contributed by atoms with Crippen LogP contribution >= 0.6 is 0 Å². The van der Waals surface area contributed by atoms with Gasteiger partial charge >= 0.3 is 11.9 Å². The highest BCUT2D eigenvalue weighted by molar-refractivity contribution is 6.05. The molecule has 0 saturated carbocycles. The van der Waals surface area contributed by atoms with Gasteiger partial charge in [-0.25, -0.2) is 9.59 Å². The number of benzene rings is 1. The molecular weight excluding hydrogens is 336 g/mol. The molecule has 1 aromatic heterocycles. The van der Waals surface area contributed by atoms with E-state index in [1.807, 2.05) is 0 Å². The quantitative estimate of drug-likeness (QED) is 0.775. The normalized spacial score (nSPS) is 13.5. The number of esters is 2. The Balaban J connectivity index is 2.06. The van der Waals surface area contributed by atoms with Gasteiger partial charge in [-0.15, -0.1) is 0 Å². The molecule has 132 valence electrons. The van der Waals surface area contributed by atoms with E-state index < -0.39 is 11.9 Å². The summed E-state index contributed by atoms with van der Waals surface area (Å²) < 4.78 is 9.66. The van der Waals surface area contributed by atoms with Gasteiger partial charge in [-0.2, -0.15) is 15.0 Å². The first-order valence-electron chi connectivity index (χ1n) is 7.67. The van der Waals surface area contributed by atoms with Crippen LogP contribution in [0, 0.1) is 0 Å². The molecule has 0 fully saturated rings. The second-order valence-electron chi connectivity index (χ2n) is 5.15. The van der Waals surface area contributed by atoms with Crippen LogP contribution in [0.1, 0.15) is 0 Å². The topological polar surface area (TPSA) is 86.6 Å². The summed E-state index contributed by atoms with van der Waals surface area (Å²) in [6.07, 6.45) is 9.70. The Morgan fingerprint density at radius 3 is 2.12 bits per heavy atom. The van der Waals surface area contributed by atoms with E-state index in [1.165, 1.54) is 25.1 Å². The number of hydrogen-bond donors (Lipinski definition) is 0. The number of nitrogens with zero attached hydrogens (tertiary/aromatic N) is 4. The fourth-order valence-electron chi connectivity index (χ4n) is 2.46. The van der Waals surface area contributed by atoms with E-state index in [2.05, 4.69) is 10.2 Å². The molecule has 8 heteroatoms. The number of ether oxygens (including phenoxy) is 2. The van der Waals surface area contributed by atoms with Crippen molar-refractivity contribution in [2.75, 3.05) is 19.1 Å². The lowest BCUT2D eigenvalue weighted by Crippen LogP contribution is -2.26. The molecule has 0 spiro atoms. The predicted molar refractivity (Wildman–Crippen MR) is 93.2 cm³/mol. The highest BCUT2D eigenvalue weighted by atomic mass is 16.5. The molecule has 1 aromatic carbocycles. The minimum atomic E-state index is -0.653. The second-order valence-corrected chi connectivity index (χ2v) is 5.15. The molecule has 2 heterocycles. The van der Waals surface area contributed by atoms with E-state index in [0.717, 1.165) is 5.69 Å². The average Bonchev–Trinajstić information content (AvgIpc) is 3.13. The summed E-state index contributed by atoms with van der Waals surface area (Å²) in [5.74, 6) is -1.29. The SMILES string of the molecule is COC(=O)C1=C(C(=O)OC)N(c2ccc(-n3nccn3)cc2)C=CC=C1. The molecule has 0 unspecified atom stereocenters.